The standard InChI is InChI=1S/C21H20ClNO6S/c1-10-13-6-15(21(25)26)20(24)23(12-4-5-12)19(13)14-7-16(22)17(29-9-11-2-3-11)8-18(14)30(10,27)28/h6-8,10-12H,2-5,9H2,1H3,(H,25,26). The number of carboxylic acid groups (broad SMARTS) is 1. The lowest BCUT2D eigenvalue weighted by Gasteiger charge is -2.29. The van der Waals surface area contributed by atoms with E-state index >= 15 is 0 Å². The monoisotopic (exact) mass is 449 g/mol. The van der Waals surface area contributed by atoms with E-state index in [9.17, 15) is 23.1 Å². The summed E-state index contributed by atoms with van der Waals surface area (Å²) in [6.45, 7) is 2.00. The minimum atomic E-state index is -3.82. The van der Waals surface area contributed by atoms with Crippen LogP contribution < -0.4 is 10.3 Å². The molecule has 3 aliphatic rings. The average Bonchev–Trinajstić information content (AvgIpc) is 3.58. The highest BCUT2D eigenvalue weighted by Gasteiger charge is 2.41. The lowest BCUT2D eigenvalue weighted by Crippen LogP contribution is -2.31. The SMILES string of the molecule is CC1c2cc(C(=O)O)c(=O)n(C3CC3)c2-c2cc(Cl)c(OCC3CC3)cc2S1(=O)=O. The fourth-order valence-corrected chi connectivity index (χ4v) is 5.85. The van der Waals surface area contributed by atoms with Crippen molar-refractivity contribution in [3.05, 3.63) is 44.7 Å². The number of fused-ring (bicyclic) bond motifs is 3. The van der Waals surface area contributed by atoms with E-state index in [1.165, 1.54) is 29.7 Å². The fourth-order valence-electron chi connectivity index (χ4n) is 4.00. The Hall–Kier alpha value is -2.32. The molecule has 2 heterocycles. The van der Waals surface area contributed by atoms with Gasteiger partial charge in [0.05, 0.1) is 27.5 Å². The molecular formula is C21H20ClNO6S. The number of aromatic nitrogens is 1. The molecule has 1 aliphatic heterocycles. The molecule has 30 heavy (non-hydrogen) atoms. The summed E-state index contributed by atoms with van der Waals surface area (Å²) >= 11 is 6.43. The Labute approximate surface area is 178 Å². The van der Waals surface area contributed by atoms with E-state index in [4.69, 9.17) is 16.3 Å². The number of carbonyl (C=O) groups is 1. The van der Waals surface area contributed by atoms with Gasteiger partial charge in [0, 0.05) is 17.7 Å². The molecule has 0 saturated heterocycles. The second kappa shape index (κ2) is 6.59. The van der Waals surface area contributed by atoms with Crippen molar-refractivity contribution in [1.82, 2.24) is 4.57 Å². The maximum absolute atomic E-state index is 13.3. The summed E-state index contributed by atoms with van der Waals surface area (Å²) in [5, 5.41) is 8.76. The van der Waals surface area contributed by atoms with Crippen LogP contribution in [-0.2, 0) is 9.84 Å². The van der Waals surface area contributed by atoms with Gasteiger partial charge in [-0.15, -0.1) is 0 Å². The van der Waals surface area contributed by atoms with E-state index in [-0.39, 0.29) is 16.0 Å². The van der Waals surface area contributed by atoms with Crippen molar-refractivity contribution in [3.8, 4) is 17.0 Å². The van der Waals surface area contributed by atoms with Gasteiger partial charge in [-0.1, -0.05) is 11.6 Å². The zero-order valence-corrected chi connectivity index (χ0v) is 17.8. The number of halogens is 1. The number of nitrogens with zero attached hydrogens (tertiary/aromatic N) is 1. The molecule has 0 spiro atoms. The van der Waals surface area contributed by atoms with Crippen molar-refractivity contribution in [1.29, 1.82) is 0 Å². The summed E-state index contributed by atoms with van der Waals surface area (Å²) in [6.07, 6.45) is 3.65. The Bertz CT molecular complexity index is 1260. The Kier molecular flexibility index (Phi) is 4.31. The highest BCUT2D eigenvalue weighted by Crippen LogP contribution is 2.50. The van der Waals surface area contributed by atoms with Crippen LogP contribution in [0.25, 0.3) is 11.3 Å². The van der Waals surface area contributed by atoms with Crippen molar-refractivity contribution < 1.29 is 23.1 Å². The van der Waals surface area contributed by atoms with Crippen LogP contribution in [0.4, 0.5) is 0 Å². The molecule has 0 amide bonds. The van der Waals surface area contributed by atoms with E-state index in [1.807, 2.05) is 0 Å². The molecule has 0 radical (unpaired) electrons. The largest absolute Gasteiger partial charge is 0.492 e. The molecule has 1 atom stereocenters. The molecule has 2 aliphatic carbocycles. The minimum absolute atomic E-state index is 0.0644. The molecule has 5 rings (SSSR count). The van der Waals surface area contributed by atoms with Crippen molar-refractivity contribution >= 4 is 27.4 Å². The van der Waals surface area contributed by atoms with Gasteiger partial charge < -0.3 is 14.4 Å². The van der Waals surface area contributed by atoms with Crippen LogP contribution in [0.1, 0.15) is 59.8 Å². The van der Waals surface area contributed by atoms with Crippen molar-refractivity contribution in [3.63, 3.8) is 0 Å². The van der Waals surface area contributed by atoms with E-state index in [0.717, 1.165) is 25.7 Å². The summed E-state index contributed by atoms with van der Waals surface area (Å²) in [6, 6.07) is 4.04. The molecule has 2 aromatic rings. The molecular weight excluding hydrogens is 430 g/mol. The molecule has 1 N–H and O–H groups in total. The number of carboxylic acids is 1. The lowest BCUT2D eigenvalue weighted by atomic mass is 9.99. The summed E-state index contributed by atoms with van der Waals surface area (Å²) < 4.78 is 33.8. The van der Waals surface area contributed by atoms with Crippen molar-refractivity contribution in [2.75, 3.05) is 6.61 Å². The third kappa shape index (κ3) is 2.96. The highest BCUT2D eigenvalue weighted by atomic mass is 35.5. The van der Waals surface area contributed by atoms with Gasteiger partial charge in [-0.25, -0.2) is 13.2 Å². The van der Waals surface area contributed by atoms with Gasteiger partial charge >= 0.3 is 5.97 Å². The van der Waals surface area contributed by atoms with Crippen LogP contribution in [0.2, 0.25) is 5.02 Å². The third-order valence-corrected chi connectivity index (χ3v) is 8.51. The summed E-state index contributed by atoms with van der Waals surface area (Å²) in [7, 11) is -3.82. The lowest BCUT2D eigenvalue weighted by molar-refractivity contribution is 0.0694. The average molecular weight is 450 g/mol. The van der Waals surface area contributed by atoms with Crippen LogP contribution in [0, 0.1) is 5.92 Å². The van der Waals surface area contributed by atoms with Crippen LogP contribution in [0.5, 0.6) is 5.75 Å². The second-order valence-electron chi connectivity index (χ2n) is 8.29. The van der Waals surface area contributed by atoms with Gasteiger partial charge in [-0.05, 0) is 56.2 Å². The number of benzene rings is 1. The highest BCUT2D eigenvalue weighted by molar-refractivity contribution is 7.92. The molecule has 7 nitrogen and oxygen atoms in total. The predicted molar refractivity (Wildman–Crippen MR) is 110 cm³/mol. The smallest absolute Gasteiger partial charge is 0.341 e. The van der Waals surface area contributed by atoms with E-state index in [2.05, 4.69) is 0 Å². The zero-order valence-electron chi connectivity index (χ0n) is 16.2. The molecule has 2 fully saturated rings. The Balaban J connectivity index is 1.78. The first-order chi connectivity index (χ1) is 14.2. The molecule has 2 saturated carbocycles. The summed E-state index contributed by atoms with van der Waals surface area (Å²) in [5.41, 5.74) is 0.0513. The predicted octanol–water partition coefficient (Wildman–Crippen LogP) is 3.84. The zero-order chi connectivity index (χ0) is 21.4. The Morgan fingerprint density at radius 1 is 1.23 bits per heavy atom. The number of rotatable bonds is 5. The first-order valence-corrected chi connectivity index (χ1v) is 11.9. The molecule has 9 heteroatoms. The first kappa shape index (κ1) is 19.6. The van der Waals surface area contributed by atoms with Gasteiger partial charge in [-0.2, -0.15) is 0 Å². The number of hydrogen-bond donors (Lipinski definition) is 1. The number of pyridine rings is 1. The summed E-state index contributed by atoms with van der Waals surface area (Å²) in [5.74, 6) is -0.582. The van der Waals surface area contributed by atoms with Gasteiger partial charge in [-0.3, -0.25) is 4.79 Å². The van der Waals surface area contributed by atoms with E-state index < -0.39 is 32.2 Å². The number of ether oxygens (including phenoxy) is 1. The number of hydrogen-bond acceptors (Lipinski definition) is 5. The van der Waals surface area contributed by atoms with Crippen molar-refractivity contribution in [2.45, 2.75) is 48.8 Å². The van der Waals surface area contributed by atoms with E-state index in [1.54, 1.807) is 0 Å². The molecule has 1 aromatic carbocycles. The maximum atomic E-state index is 13.3. The fraction of sp³-hybridized carbons (Fsp3) is 0.429. The van der Waals surface area contributed by atoms with E-state index in [0.29, 0.717) is 35.1 Å². The number of aromatic carboxylic acids is 1. The first-order valence-electron chi connectivity index (χ1n) is 9.93. The van der Waals surface area contributed by atoms with Gasteiger partial charge in [0.2, 0.25) is 0 Å². The van der Waals surface area contributed by atoms with Crippen LogP contribution in [-0.4, -0.2) is 30.7 Å². The topological polar surface area (TPSA) is 103 Å². The molecule has 1 aromatic heterocycles. The van der Waals surface area contributed by atoms with Gasteiger partial charge in [0.15, 0.2) is 9.84 Å². The van der Waals surface area contributed by atoms with Crippen molar-refractivity contribution in [2.24, 2.45) is 5.92 Å². The number of sulfone groups is 1. The molecule has 0 bridgehead atoms. The minimum Gasteiger partial charge on any atom is -0.492 e. The Morgan fingerprint density at radius 2 is 1.93 bits per heavy atom. The third-order valence-electron chi connectivity index (χ3n) is 6.08. The molecule has 1 unspecified atom stereocenters. The quantitative estimate of drug-likeness (QED) is 0.743. The molecule has 158 valence electrons. The van der Waals surface area contributed by atoms with Gasteiger partial charge in [0.25, 0.3) is 5.56 Å². The second-order valence-corrected chi connectivity index (χ2v) is 10.9. The normalized spacial score (nSPS) is 21.6. The van der Waals surface area contributed by atoms with Gasteiger partial charge in [0.1, 0.15) is 11.3 Å². The summed E-state index contributed by atoms with van der Waals surface area (Å²) in [4.78, 5) is 24.7. The maximum Gasteiger partial charge on any atom is 0.341 e. The Morgan fingerprint density at radius 3 is 2.53 bits per heavy atom. The van der Waals surface area contributed by atoms with Crippen LogP contribution in [0.3, 0.4) is 0 Å². The van der Waals surface area contributed by atoms with Crippen LogP contribution >= 0.6 is 11.6 Å². The van der Waals surface area contributed by atoms with Crippen LogP contribution in [0.15, 0.2) is 27.9 Å².